The van der Waals surface area contributed by atoms with E-state index in [0.29, 0.717) is 11.3 Å². The van der Waals surface area contributed by atoms with Crippen LogP contribution in [0, 0.1) is 0 Å². The minimum Gasteiger partial charge on any atom is -0.435 e. The fourth-order valence-electron chi connectivity index (χ4n) is 2.44. The quantitative estimate of drug-likeness (QED) is 0.716. The highest BCUT2D eigenvalue weighted by Crippen LogP contribution is 2.19. The number of sulfonamides is 1. The lowest BCUT2D eigenvalue weighted by Crippen LogP contribution is -2.28. The van der Waals surface area contributed by atoms with Crippen LogP contribution in [0.4, 0.5) is 14.5 Å². The van der Waals surface area contributed by atoms with Crippen LogP contribution in [0.5, 0.6) is 5.75 Å². The van der Waals surface area contributed by atoms with Crippen LogP contribution in [-0.2, 0) is 21.2 Å². The van der Waals surface area contributed by atoms with Crippen LogP contribution < -0.4 is 14.8 Å². The molecule has 0 aliphatic rings. The Morgan fingerprint density at radius 1 is 1.15 bits per heavy atom. The van der Waals surface area contributed by atoms with Gasteiger partial charge in [0.15, 0.2) is 0 Å². The molecule has 1 unspecified atom stereocenters. The molecule has 0 spiro atoms. The molecule has 0 radical (unpaired) electrons. The van der Waals surface area contributed by atoms with Gasteiger partial charge in [-0.25, -0.2) is 8.42 Å². The average Bonchev–Trinajstić information content (AvgIpc) is 2.54. The summed E-state index contributed by atoms with van der Waals surface area (Å²) in [6, 6.07) is 12.2. The summed E-state index contributed by atoms with van der Waals surface area (Å²) in [5.41, 5.74) is 1.79. The first-order valence-corrected chi connectivity index (χ1v) is 9.92. The van der Waals surface area contributed by atoms with Crippen molar-refractivity contribution in [2.45, 2.75) is 26.0 Å². The first kappa shape index (κ1) is 20.6. The second kappa shape index (κ2) is 8.81. The highest BCUT2D eigenvalue weighted by molar-refractivity contribution is 7.92. The van der Waals surface area contributed by atoms with Gasteiger partial charge in [-0.3, -0.25) is 9.52 Å². The number of alkyl halides is 2. The van der Waals surface area contributed by atoms with Gasteiger partial charge in [-0.1, -0.05) is 24.3 Å². The lowest BCUT2D eigenvalue weighted by molar-refractivity contribution is -0.121. The highest BCUT2D eigenvalue weighted by Gasteiger charge is 2.12. The first-order valence-electron chi connectivity index (χ1n) is 8.03. The van der Waals surface area contributed by atoms with Crippen molar-refractivity contribution in [1.29, 1.82) is 0 Å². The predicted octanol–water partition coefficient (Wildman–Crippen LogP) is 3.08. The van der Waals surface area contributed by atoms with Crippen LogP contribution in [0.2, 0.25) is 0 Å². The molecule has 0 bridgehead atoms. The molecule has 0 saturated heterocycles. The van der Waals surface area contributed by atoms with Gasteiger partial charge in [0, 0.05) is 5.69 Å². The molecule has 0 saturated carbocycles. The summed E-state index contributed by atoms with van der Waals surface area (Å²) >= 11 is 0. The zero-order valence-corrected chi connectivity index (χ0v) is 15.6. The van der Waals surface area contributed by atoms with E-state index in [1.54, 1.807) is 43.3 Å². The van der Waals surface area contributed by atoms with Gasteiger partial charge in [-0.2, -0.15) is 8.78 Å². The molecule has 0 fully saturated rings. The predicted molar refractivity (Wildman–Crippen MR) is 98.2 cm³/mol. The van der Waals surface area contributed by atoms with E-state index in [1.807, 2.05) is 0 Å². The lowest BCUT2D eigenvalue weighted by atomic mass is 10.1. The minimum atomic E-state index is -3.39. The van der Waals surface area contributed by atoms with Crippen LogP contribution >= 0.6 is 0 Å². The van der Waals surface area contributed by atoms with Gasteiger partial charge in [0.2, 0.25) is 15.9 Å². The maximum atomic E-state index is 12.2. The standard InChI is InChI=1S/C18H20F2N2O4S/c1-12(14-4-3-5-15(11-14)22-27(2,24)25)21-17(23)10-13-6-8-16(9-7-13)26-18(19)20/h3-9,11-12,18,22H,10H2,1-2H3,(H,21,23). The third-order valence-electron chi connectivity index (χ3n) is 3.58. The summed E-state index contributed by atoms with van der Waals surface area (Å²) in [6.45, 7) is -1.12. The Bertz CT molecular complexity index is 886. The molecule has 2 rings (SSSR count). The van der Waals surface area contributed by atoms with E-state index >= 15 is 0 Å². The van der Waals surface area contributed by atoms with Crippen LogP contribution in [0.1, 0.15) is 24.1 Å². The minimum absolute atomic E-state index is 0.0257. The van der Waals surface area contributed by atoms with Gasteiger partial charge in [-0.05, 0) is 42.3 Å². The van der Waals surface area contributed by atoms with Crippen molar-refractivity contribution < 1.29 is 26.7 Å². The molecule has 27 heavy (non-hydrogen) atoms. The Hall–Kier alpha value is -2.68. The van der Waals surface area contributed by atoms with Crippen molar-refractivity contribution in [2.24, 2.45) is 0 Å². The van der Waals surface area contributed by atoms with Gasteiger partial charge < -0.3 is 10.1 Å². The van der Waals surface area contributed by atoms with Crippen molar-refractivity contribution in [1.82, 2.24) is 5.32 Å². The number of benzene rings is 2. The number of rotatable bonds is 8. The average molecular weight is 398 g/mol. The van der Waals surface area contributed by atoms with Crippen molar-refractivity contribution in [2.75, 3.05) is 11.0 Å². The van der Waals surface area contributed by atoms with E-state index in [9.17, 15) is 22.0 Å². The molecule has 0 aliphatic carbocycles. The van der Waals surface area contributed by atoms with Crippen LogP contribution in [0.15, 0.2) is 48.5 Å². The molecule has 0 aliphatic heterocycles. The SMILES string of the molecule is CC(NC(=O)Cc1ccc(OC(F)F)cc1)c1cccc(NS(C)(=O)=O)c1. The molecule has 146 valence electrons. The van der Waals surface area contributed by atoms with Crippen molar-refractivity contribution in [3.63, 3.8) is 0 Å². The number of carbonyl (C=O) groups excluding carboxylic acids is 1. The fraction of sp³-hybridized carbons (Fsp3) is 0.278. The summed E-state index contributed by atoms with van der Waals surface area (Å²) < 4.78 is 53.5. The zero-order valence-electron chi connectivity index (χ0n) is 14.8. The largest absolute Gasteiger partial charge is 0.435 e. The number of halogens is 2. The zero-order chi connectivity index (χ0) is 20.0. The molecule has 0 heterocycles. The van der Waals surface area contributed by atoms with Crippen molar-refractivity contribution >= 4 is 21.6 Å². The second-order valence-corrected chi connectivity index (χ2v) is 7.74. The summed E-state index contributed by atoms with van der Waals surface area (Å²) in [4.78, 5) is 12.2. The molecular formula is C18H20F2N2O4S. The summed E-state index contributed by atoms with van der Waals surface area (Å²) in [6.07, 6.45) is 1.13. The summed E-state index contributed by atoms with van der Waals surface area (Å²) in [5.74, 6) is -0.232. The maximum Gasteiger partial charge on any atom is 0.387 e. The number of nitrogens with one attached hydrogen (secondary N) is 2. The fourth-order valence-corrected chi connectivity index (χ4v) is 2.99. The van der Waals surface area contributed by atoms with E-state index in [4.69, 9.17) is 0 Å². The number of hydrogen-bond acceptors (Lipinski definition) is 4. The van der Waals surface area contributed by atoms with Gasteiger partial charge in [-0.15, -0.1) is 0 Å². The Labute approximate surface area is 156 Å². The van der Waals surface area contributed by atoms with Crippen LogP contribution in [0.25, 0.3) is 0 Å². The van der Waals surface area contributed by atoms with E-state index < -0.39 is 16.6 Å². The molecule has 9 heteroatoms. The normalized spacial score (nSPS) is 12.5. The molecule has 1 atom stereocenters. The summed E-state index contributed by atoms with van der Waals surface area (Å²) in [7, 11) is -3.39. The number of carbonyl (C=O) groups is 1. The maximum absolute atomic E-state index is 12.2. The van der Waals surface area contributed by atoms with Crippen molar-refractivity contribution in [3.8, 4) is 5.75 Å². The van der Waals surface area contributed by atoms with E-state index in [2.05, 4.69) is 14.8 Å². The Morgan fingerprint density at radius 3 is 2.41 bits per heavy atom. The molecule has 2 aromatic rings. The molecule has 1 amide bonds. The lowest BCUT2D eigenvalue weighted by Gasteiger charge is -2.16. The molecule has 2 N–H and O–H groups in total. The monoisotopic (exact) mass is 398 g/mol. The first-order chi connectivity index (χ1) is 12.6. The van der Waals surface area contributed by atoms with Gasteiger partial charge in [0.05, 0.1) is 18.7 Å². The van der Waals surface area contributed by atoms with E-state index in [0.717, 1.165) is 11.8 Å². The summed E-state index contributed by atoms with van der Waals surface area (Å²) in [5, 5.41) is 2.81. The van der Waals surface area contributed by atoms with Crippen LogP contribution in [-0.4, -0.2) is 27.2 Å². The number of amides is 1. The molecule has 2 aromatic carbocycles. The van der Waals surface area contributed by atoms with Gasteiger partial charge in [0.25, 0.3) is 0 Å². The molecule has 6 nitrogen and oxygen atoms in total. The Morgan fingerprint density at radius 2 is 1.81 bits per heavy atom. The second-order valence-electron chi connectivity index (χ2n) is 5.99. The Kier molecular flexibility index (Phi) is 6.73. The topological polar surface area (TPSA) is 84.5 Å². The highest BCUT2D eigenvalue weighted by atomic mass is 32.2. The smallest absolute Gasteiger partial charge is 0.387 e. The van der Waals surface area contributed by atoms with Crippen molar-refractivity contribution in [3.05, 3.63) is 59.7 Å². The number of hydrogen-bond donors (Lipinski definition) is 2. The number of ether oxygens (including phenoxy) is 1. The number of anilines is 1. The molecular weight excluding hydrogens is 378 g/mol. The van der Waals surface area contributed by atoms with E-state index in [-0.39, 0.29) is 24.1 Å². The molecule has 0 aromatic heterocycles. The van der Waals surface area contributed by atoms with Gasteiger partial charge in [0.1, 0.15) is 5.75 Å². The van der Waals surface area contributed by atoms with Crippen LogP contribution in [0.3, 0.4) is 0 Å². The Balaban J connectivity index is 1.96. The van der Waals surface area contributed by atoms with Gasteiger partial charge >= 0.3 is 6.61 Å². The third-order valence-corrected chi connectivity index (χ3v) is 4.19. The third kappa shape index (κ3) is 7.22. The van der Waals surface area contributed by atoms with E-state index in [1.165, 1.54) is 12.1 Å².